The number of aryl methyl sites for hydroxylation is 1. The van der Waals surface area contributed by atoms with Crippen LogP contribution < -0.4 is 0 Å². The molecule has 0 saturated heterocycles. The van der Waals surface area contributed by atoms with Gasteiger partial charge in [-0.05, 0) is 24.0 Å². The highest BCUT2D eigenvalue weighted by Crippen LogP contribution is 2.37. The Balaban J connectivity index is 3.41. The first kappa shape index (κ1) is 12.1. The van der Waals surface area contributed by atoms with Gasteiger partial charge in [0.15, 0.2) is 0 Å². The summed E-state index contributed by atoms with van der Waals surface area (Å²) < 4.78 is 38.1. The van der Waals surface area contributed by atoms with Crippen LogP contribution in [-0.2, 0) is 11.6 Å². The summed E-state index contributed by atoms with van der Waals surface area (Å²) in [7, 11) is 0. The van der Waals surface area contributed by atoms with Crippen LogP contribution >= 0.6 is 0 Å². The van der Waals surface area contributed by atoms with E-state index in [1.165, 1.54) is 6.07 Å². The van der Waals surface area contributed by atoms with Crippen LogP contribution in [0.2, 0.25) is 0 Å². The van der Waals surface area contributed by atoms with Crippen molar-refractivity contribution in [3.05, 3.63) is 34.9 Å². The third-order valence-electron chi connectivity index (χ3n) is 2.29. The Morgan fingerprint density at radius 3 is 1.87 bits per heavy atom. The van der Waals surface area contributed by atoms with Crippen LogP contribution in [0.3, 0.4) is 0 Å². The number of alkyl halides is 3. The zero-order valence-electron chi connectivity index (χ0n) is 9.37. The van der Waals surface area contributed by atoms with Crippen LogP contribution in [0.25, 0.3) is 0 Å². The molecule has 0 aliphatic heterocycles. The van der Waals surface area contributed by atoms with Crippen molar-refractivity contribution in [2.75, 3.05) is 0 Å². The third-order valence-corrected chi connectivity index (χ3v) is 2.29. The van der Waals surface area contributed by atoms with E-state index in [4.69, 9.17) is 0 Å². The van der Waals surface area contributed by atoms with Crippen molar-refractivity contribution >= 4 is 0 Å². The van der Waals surface area contributed by atoms with E-state index in [1.54, 1.807) is 33.8 Å². The molecule has 3 heteroatoms. The molecule has 1 aromatic carbocycles. The average Bonchev–Trinajstić information content (AvgIpc) is 2.00. The largest absolute Gasteiger partial charge is 0.416 e. The van der Waals surface area contributed by atoms with E-state index < -0.39 is 17.2 Å². The summed E-state index contributed by atoms with van der Waals surface area (Å²) in [4.78, 5) is 0. The third kappa shape index (κ3) is 2.74. The molecule has 0 nitrogen and oxygen atoms in total. The van der Waals surface area contributed by atoms with E-state index >= 15 is 0 Å². The fraction of sp³-hybridized carbons (Fsp3) is 0.500. The van der Waals surface area contributed by atoms with Crippen molar-refractivity contribution < 1.29 is 13.2 Å². The highest BCUT2D eigenvalue weighted by atomic mass is 19.4. The molecule has 0 radical (unpaired) electrons. The quantitative estimate of drug-likeness (QED) is 0.606. The lowest BCUT2D eigenvalue weighted by atomic mass is 9.83. The fourth-order valence-corrected chi connectivity index (χ4v) is 1.53. The summed E-state index contributed by atoms with van der Waals surface area (Å²) in [6, 6.07) is 4.27. The molecule has 0 atom stereocenters. The van der Waals surface area contributed by atoms with Gasteiger partial charge < -0.3 is 0 Å². The van der Waals surface area contributed by atoms with E-state index in [2.05, 4.69) is 0 Å². The van der Waals surface area contributed by atoms with Gasteiger partial charge in [-0.2, -0.15) is 13.2 Å². The zero-order chi connectivity index (χ0) is 11.9. The minimum atomic E-state index is -4.27. The summed E-state index contributed by atoms with van der Waals surface area (Å²) in [5.74, 6) is 0. The molecular formula is C12H15F3. The molecule has 1 rings (SSSR count). The van der Waals surface area contributed by atoms with Gasteiger partial charge in [0, 0.05) is 0 Å². The standard InChI is InChI=1S/C12H15F3/c1-8-5-6-9(12(13,14)15)10(7-8)11(2,3)4/h5-7H,1-4H3. The molecule has 84 valence electrons. The van der Waals surface area contributed by atoms with Crippen molar-refractivity contribution in [2.24, 2.45) is 0 Å². The van der Waals surface area contributed by atoms with E-state index in [-0.39, 0.29) is 0 Å². The Morgan fingerprint density at radius 1 is 0.933 bits per heavy atom. The van der Waals surface area contributed by atoms with Gasteiger partial charge in [0.25, 0.3) is 0 Å². The minimum absolute atomic E-state index is 0.356. The molecule has 0 heterocycles. The Labute approximate surface area is 88.1 Å². The van der Waals surface area contributed by atoms with Crippen molar-refractivity contribution in [1.82, 2.24) is 0 Å². The molecule has 15 heavy (non-hydrogen) atoms. The lowest BCUT2D eigenvalue weighted by molar-refractivity contribution is -0.138. The van der Waals surface area contributed by atoms with E-state index in [0.717, 1.165) is 11.6 Å². The van der Waals surface area contributed by atoms with Crippen LogP contribution in [0.1, 0.15) is 37.5 Å². The maximum Gasteiger partial charge on any atom is 0.416 e. The maximum atomic E-state index is 12.7. The predicted molar refractivity (Wildman–Crippen MR) is 54.9 cm³/mol. The lowest BCUT2D eigenvalue weighted by Gasteiger charge is -2.24. The Kier molecular flexibility index (Phi) is 2.85. The van der Waals surface area contributed by atoms with Crippen LogP contribution in [0.4, 0.5) is 13.2 Å². The number of hydrogen-bond acceptors (Lipinski definition) is 0. The SMILES string of the molecule is Cc1ccc(C(F)(F)F)c(C(C)(C)C)c1. The van der Waals surface area contributed by atoms with Gasteiger partial charge in [-0.25, -0.2) is 0 Å². The first-order valence-corrected chi connectivity index (χ1v) is 4.80. The van der Waals surface area contributed by atoms with Gasteiger partial charge in [0.2, 0.25) is 0 Å². The molecule has 0 aliphatic carbocycles. The smallest absolute Gasteiger partial charge is 0.166 e. The second kappa shape index (κ2) is 3.54. The van der Waals surface area contributed by atoms with Crippen LogP contribution in [0.15, 0.2) is 18.2 Å². The maximum absolute atomic E-state index is 12.7. The fourth-order valence-electron chi connectivity index (χ4n) is 1.53. The summed E-state index contributed by atoms with van der Waals surface area (Å²) in [5.41, 5.74) is 0.195. The predicted octanol–water partition coefficient (Wildman–Crippen LogP) is 4.31. The van der Waals surface area contributed by atoms with Crippen LogP contribution in [0.5, 0.6) is 0 Å². The Hall–Kier alpha value is -0.990. The van der Waals surface area contributed by atoms with Gasteiger partial charge in [-0.15, -0.1) is 0 Å². The molecule has 0 aliphatic rings. The van der Waals surface area contributed by atoms with Crippen molar-refractivity contribution in [1.29, 1.82) is 0 Å². The number of hydrogen-bond donors (Lipinski definition) is 0. The van der Waals surface area contributed by atoms with Gasteiger partial charge in [0.05, 0.1) is 5.56 Å². The monoisotopic (exact) mass is 216 g/mol. The molecule has 0 aromatic heterocycles. The Morgan fingerprint density at radius 2 is 1.47 bits per heavy atom. The highest BCUT2D eigenvalue weighted by molar-refractivity contribution is 5.38. The number of rotatable bonds is 0. The molecule has 1 aromatic rings. The number of halogens is 3. The molecule has 0 unspecified atom stereocenters. The van der Waals surface area contributed by atoms with Crippen molar-refractivity contribution in [3.63, 3.8) is 0 Å². The lowest BCUT2D eigenvalue weighted by Crippen LogP contribution is -2.19. The van der Waals surface area contributed by atoms with Gasteiger partial charge in [-0.3, -0.25) is 0 Å². The number of benzene rings is 1. The molecule has 0 saturated carbocycles. The molecule has 0 bridgehead atoms. The summed E-state index contributed by atoms with van der Waals surface area (Å²) in [6.07, 6.45) is -4.27. The topological polar surface area (TPSA) is 0 Å². The molecular weight excluding hydrogens is 201 g/mol. The summed E-state index contributed by atoms with van der Waals surface area (Å²) in [5, 5.41) is 0. The van der Waals surface area contributed by atoms with E-state index in [1.807, 2.05) is 0 Å². The first-order chi connectivity index (χ1) is 6.62. The molecule has 0 N–H and O–H groups in total. The summed E-state index contributed by atoms with van der Waals surface area (Å²) >= 11 is 0. The molecule has 0 spiro atoms. The zero-order valence-corrected chi connectivity index (χ0v) is 9.37. The average molecular weight is 216 g/mol. The first-order valence-electron chi connectivity index (χ1n) is 4.80. The van der Waals surface area contributed by atoms with Crippen LogP contribution in [-0.4, -0.2) is 0 Å². The molecule has 0 fully saturated rings. The molecule has 0 amide bonds. The minimum Gasteiger partial charge on any atom is -0.166 e. The van der Waals surface area contributed by atoms with Gasteiger partial charge in [0.1, 0.15) is 0 Å². The van der Waals surface area contributed by atoms with E-state index in [0.29, 0.717) is 5.56 Å². The Bertz CT molecular complexity index is 356. The second-order valence-corrected chi connectivity index (χ2v) is 4.80. The summed E-state index contributed by atoms with van der Waals surface area (Å²) in [6.45, 7) is 7.17. The van der Waals surface area contributed by atoms with Crippen LogP contribution in [0, 0.1) is 6.92 Å². The highest BCUT2D eigenvalue weighted by Gasteiger charge is 2.36. The normalized spacial score (nSPS) is 13.0. The van der Waals surface area contributed by atoms with Gasteiger partial charge >= 0.3 is 6.18 Å². The van der Waals surface area contributed by atoms with Crippen molar-refractivity contribution in [3.8, 4) is 0 Å². The van der Waals surface area contributed by atoms with E-state index in [9.17, 15) is 13.2 Å². The van der Waals surface area contributed by atoms with Gasteiger partial charge in [-0.1, -0.05) is 38.5 Å². The second-order valence-electron chi connectivity index (χ2n) is 4.80. The van der Waals surface area contributed by atoms with Crippen molar-refractivity contribution in [2.45, 2.75) is 39.3 Å².